The molecule has 1 atom stereocenters. The third kappa shape index (κ3) is 5.38. The molecule has 6 nitrogen and oxygen atoms in total. The largest absolute Gasteiger partial charge is 0.464 e. The standard InChI is InChI=1S/C8H15FO6S/c1-3-15-7(10)6-14-5-4-8(2,9)16(11,12)13/h3-6H2,1-2H3,(H,11,12,13). The molecule has 0 rings (SSSR count). The molecule has 0 saturated heterocycles. The number of hydrogen-bond donors (Lipinski definition) is 1. The van der Waals surface area contributed by atoms with Crippen molar-refractivity contribution in [1.82, 2.24) is 0 Å². The van der Waals surface area contributed by atoms with Crippen LogP contribution in [0.1, 0.15) is 20.3 Å². The number of rotatable bonds is 7. The van der Waals surface area contributed by atoms with Gasteiger partial charge in [-0.15, -0.1) is 0 Å². The number of carbonyl (C=O) groups excluding carboxylic acids is 1. The molecule has 0 amide bonds. The molecule has 96 valence electrons. The highest BCUT2D eigenvalue weighted by Gasteiger charge is 2.37. The SMILES string of the molecule is CCOC(=O)COCCC(C)(F)S(=O)(=O)O. The van der Waals surface area contributed by atoms with Crippen LogP contribution in [0.5, 0.6) is 0 Å². The monoisotopic (exact) mass is 258 g/mol. The summed E-state index contributed by atoms with van der Waals surface area (Å²) >= 11 is 0. The lowest BCUT2D eigenvalue weighted by molar-refractivity contribution is -0.148. The average Bonchev–Trinajstić information content (AvgIpc) is 2.11. The van der Waals surface area contributed by atoms with Gasteiger partial charge < -0.3 is 9.47 Å². The van der Waals surface area contributed by atoms with Gasteiger partial charge in [0.1, 0.15) is 6.61 Å². The molecule has 0 aromatic carbocycles. The maximum Gasteiger partial charge on any atom is 0.332 e. The van der Waals surface area contributed by atoms with Gasteiger partial charge in [0.15, 0.2) is 0 Å². The van der Waals surface area contributed by atoms with Crippen molar-refractivity contribution in [2.24, 2.45) is 0 Å². The fourth-order valence-electron chi connectivity index (χ4n) is 0.742. The average molecular weight is 258 g/mol. The van der Waals surface area contributed by atoms with Gasteiger partial charge in [-0.3, -0.25) is 4.55 Å². The van der Waals surface area contributed by atoms with Crippen molar-refractivity contribution < 1.29 is 31.6 Å². The number of hydrogen-bond acceptors (Lipinski definition) is 5. The Kier molecular flexibility index (Phi) is 5.84. The van der Waals surface area contributed by atoms with Crippen molar-refractivity contribution in [2.45, 2.75) is 25.3 Å². The molecule has 0 fully saturated rings. The van der Waals surface area contributed by atoms with E-state index < -0.39 is 27.5 Å². The molecule has 0 heterocycles. The van der Waals surface area contributed by atoms with Crippen molar-refractivity contribution in [1.29, 1.82) is 0 Å². The van der Waals surface area contributed by atoms with Crippen molar-refractivity contribution in [3.63, 3.8) is 0 Å². The van der Waals surface area contributed by atoms with E-state index in [0.717, 1.165) is 6.92 Å². The van der Waals surface area contributed by atoms with Gasteiger partial charge in [0.25, 0.3) is 10.1 Å². The van der Waals surface area contributed by atoms with Crippen LogP contribution in [0.3, 0.4) is 0 Å². The zero-order chi connectivity index (χ0) is 12.8. The third-order valence-corrected chi connectivity index (χ3v) is 3.04. The summed E-state index contributed by atoms with van der Waals surface area (Å²) in [5.74, 6) is -0.616. The Morgan fingerprint density at radius 2 is 2.06 bits per heavy atom. The zero-order valence-corrected chi connectivity index (χ0v) is 9.92. The van der Waals surface area contributed by atoms with E-state index in [1.54, 1.807) is 6.92 Å². The summed E-state index contributed by atoms with van der Waals surface area (Å²) in [5.41, 5.74) is 0. The second-order valence-corrected chi connectivity index (χ2v) is 4.99. The van der Waals surface area contributed by atoms with E-state index in [2.05, 4.69) is 9.47 Å². The molecule has 0 aliphatic rings. The molecule has 0 radical (unpaired) electrons. The smallest absolute Gasteiger partial charge is 0.332 e. The summed E-state index contributed by atoms with van der Waals surface area (Å²) in [7, 11) is -4.78. The summed E-state index contributed by atoms with van der Waals surface area (Å²) in [5, 5.41) is -2.78. The first-order chi connectivity index (χ1) is 7.20. The molecule has 0 aliphatic heterocycles. The summed E-state index contributed by atoms with van der Waals surface area (Å²) in [6.07, 6.45) is -0.564. The van der Waals surface area contributed by atoms with E-state index in [4.69, 9.17) is 4.55 Å². The Morgan fingerprint density at radius 3 is 2.50 bits per heavy atom. The Bertz CT molecular complexity index is 323. The first-order valence-corrected chi connectivity index (χ1v) is 6.04. The minimum atomic E-state index is -4.78. The lowest BCUT2D eigenvalue weighted by Gasteiger charge is -2.16. The van der Waals surface area contributed by atoms with Crippen LogP contribution in [0.15, 0.2) is 0 Å². The Hall–Kier alpha value is -0.730. The second kappa shape index (κ2) is 6.12. The number of alkyl halides is 1. The van der Waals surface area contributed by atoms with Crippen molar-refractivity contribution in [3.05, 3.63) is 0 Å². The predicted octanol–water partition coefficient (Wildman–Crippen LogP) is 0.530. The van der Waals surface area contributed by atoms with Crippen LogP contribution in [-0.2, 0) is 24.4 Å². The molecule has 16 heavy (non-hydrogen) atoms. The Balaban J connectivity index is 3.88. The molecule has 8 heteroatoms. The molecule has 0 aromatic heterocycles. The van der Waals surface area contributed by atoms with Crippen molar-refractivity contribution >= 4 is 16.1 Å². The second-order valence-electron chi connectivity index (χ2n) is 3.18. The molecule has 1 N–H and O–H groups in total. The summed E-state index contributed by atoms with van der Waals surface area (Å²) < 4.78 is 52.0. The quantitative estimate of drug-likeness (QED) is 0.407. The van der Waals surface area contributed by atoms with Crippen LogP contribution in [0.2, 0.25) is 0 Å². The predicted molar refractivity (Wildman–Crippen MR) is 53.1 cm³/mol. The Morgan fingerprint density at radius 1 is 1.50 bits per heavy atom. The first-order valence-electron chi connectivity index (χ1n) is 4.60. The van der Waals surface area contributed by atoms with Crippen LogP contribution in [0.4, 0.5) is 4.39 Å². The van der Waals surface area contributed by atoms with Crippen LogP contribution in [-0.4, -0.2) is 43.8 Å². The summed E-state index contributed by atoms with van der Waals surface area (Å²) in [4.78, 5) is 10.8. The molecule has 0 spiro atoms. The van der Waals surface area contributed by atoms with E-state index >= 15 is 0 Å². The minimum absolute atomic E-state index is 0.202. The maximum atomic E-state index is 13.2. The number of carbonyl (C=O) groups is 1. The molecular weight excluding hydrogens is 243 g/mol. The highest BCUT2D eigenvalue weighted by Crippen LogP contribution is 2.21. The molecule has 0 aromatic rings. The maximum absolute atomic E-state index is 13.2. The van der Waals surface area contributed by atoms with Gasteiger partial charge in [-0.1, -0.05) is 0 Å². The first kappa shape index (κ1) is 15.3. The van der Waals surface area contributed by atoms with E-state index in [1.165, 1.54) is 0 Å². The lowest BCUT2D eigenvalue weighted by Crippen LogP contribution is -2.31. The van der Waals surface area contributed by atoms with Crippen LogP contribution in [0.25, 0.3) is 0 Å². The fourth-order valence-corrected chi connectivity index (χ4v) is 1.08. The van der Waals surface area contributed by atoms with Crippen molar-refractivity contribution in [2.75, 3.05) is 19.8 Å². The molecule has 0 bridgehead atoms. The van der Waals surface area contributed by atoms with Crippen LogP contribution in [0, 0.1) is 0 Å². The van der Waals surface area contributed by atoms with E-state index in [9.17, 15) is 17.6 Å². The zero-order valence-electron chi connectivity index (χ0n) is 9.10. The molecule has 1 unspecified atom stereocenters. The highest BCUT2D eigenvalue weighted by molar-refractivity contribution is 7.87. The molecular formula is C8H15FO6S. The van der Waals surface area contributed by atoms with Gasteiger partial charge in [0.2, 0.25) is 5.00 Å². The number of ether oxygens (including phenoxy) is 2. The number of halogens is 1. The van der Waals surface area contributed by atoms with Gasteiger partial charge >= 0.3 is 5.97 Å². The third-order valence-electron chi connectivity index (χ3n) is 1.76. The van der Waals surface area contributed by atoms with Gasteiger partial charge in [-0.05, 0) is 13.8 Å². The summed E-state index contributed by atoms with van der Waals surface area (Å²) in [6.45, 7) is 1.85. The van der Waals surface area contributed by atoms with E-state index in [1.807, 2.05) is 0 Å². The summed E-state index contributed by atoms with van der Waals surface area (Å²) in [6, 6.07) is 0. The lowest BCUT2D eigenvalue weighted by atomic mass is 10.3. The van der Waals surface area contributed by atoms with E-state index in [0.29, 0.717) is 0 Å². The Labute approximate surface area is 93.5 Å². The highest BCUT2D eigenvalue weighted by atomic mass is 32.2. The van der Waals surface area contributed by atoms with Gasteiger partial charge in [0.05, 0.1) is 13.2 Å². The fraction of sp³-hybridized carbons (Fsp3) is 0.875. The minimum Gasteiger partial charge on any atom is -0.464 e. The topological polar surface area (TPSA) is 89.9 Å². The molecule has 0 saturated carbocycles. The van der Waals surface area contributed by atoms with Crippen LogP contribution >= 0.6 is 0 Å². The van der Waals surface area contributed by atoms with Crippen LogP contribution < -0.4 is 0 Å². The van der Waals surface area contributed by atoms with E-state index in [-0.39, 0.29) is 19.8 Å². The van der Waals surface area contributed by atoms with Gasteiger partial charge in [-0.2, -0.15) is 8.42 Å². The van der Waals surface area contributed by atoms with Crippen molar-refractivity contribution in [3.8, 4) is 0 Å². The van der Waals surface area contributed by atoms with Gasteiger partial charge in [0, 0.05) is 6.42 Å². The number of esters is 1. The molecule has 0 aliphatic carbocycles. The normalized spacial score (nSPS) is 15.5. The van der Waals surface area contributed by atoms with Gasteiger partial charge in [-0.25, -0.2) is 9.18 Å².